The van der Waals surface area contributed by atoms with Crippen molar-refractivity contribution in [1.29, 1.82) is 0 Å². The zero-order valence-electron chi connectivity index (χ0n) is 7.37. The van der Waals surface area contributed by atoms with Crippen LogP contribution in [0.25, 0.3) is 10.9 Å². The van der Waals surface area contributed by atoms with Crippen LogP contribution in [0.15, 0.2) is 22.9 Å². The molecule has 0 unspecified atom stereocenters. The van der Waals surface area contributed by atoms with E-state index in [9.17, 15) is 4.79 Å². The Hall–Kier alpha value is -1.36. The van der Waals surface area contributed by atoms with Gasteiger partial charge in [-0.3, -0.25) is 0 Å². The fraction of sp³-hybridized carbons (Fsp3) is 0.111. The lowest BCUT2D eigenvalue weighted by atomic mass is 10.2. The van der Waals surface area contributed by atoms with E-state index in [2.05, 4.69) is 30.6 Å². The summed E-state index contributed by atoms with van der Waals surface area (Å²) in [5.74, 6) is -0.434. The van der Waals surface area contributed by atoms with Crippen LogP contribution in [-0.2, 0) is 4.74 Å². The number of H-pyrrole nitrogens is 1. The first-order valence-electron chi connectivity index (χ1n) is 3.94. The minimum Gasteiger partial charge on any atom is -0.464 e. The predicted molar refractivity (Wildman–Crippen MR) is 55.1 cm³/mol. The second-order valence-corrected chi connectivity index (χ2v) is 3.56. The number of rotatable bonds is 1. The van der Waals surface area contributed by atoms with Crippen LogP contribution in [0.1, 0.15) is 10.5 Å². The molecule has 2 heterocycles. The molecule has 0 aliphatic rings. The third-order valence-electron chi connectivity index (χ3n) is 1.92. The van der Waals surface area contributed by atoms with Crippen molar-refractivity contribution in [3.8, 4) is 0 Å². The van der Waals surface area contributed by atoms with Gasteiger partial charge in [0.25, 0.3) is 0 Å². The highest BCUT2D eigenvalue weighted by Gasteiger charge is 2.14. The Labute approximate surface area is 88.4 Å². The van der Waals surface area contributed by atoms with Crippen LogP contribution >= 0.6 is 15.9 Å². The molecule has 1 N–H and O–H groups in total. The SMILES string of the molecule is COC(=O)c1nccc2[nH]cc(Br)c12. The van der Waals surface area contributed by atoms with Gasteiger partial charge in [-0.1, -0.05) is 0 Å². The molecule has 2 rings (SSSR count). The number of methoxy groups -OCH3 is 1. The van der Waals surface area contributed by atoms with Crippen molar-refractivity contribution in [3.05, 3.63) is 28.6 Å². The van der Waals surface area contributed by atoms with Crippen molar-refractivity contribution in [2.24, 2.45) is 0 Å². The summed E-state index contributed by atoms with van der Waals surface area (Å²) in [7, 11) is 1.34. The molecule has 5 heteroatoms. The third kappa shape index (κ3) is 1.29. The summed E-state index contributed by atoms with van der Waals surface area (Å²) in [6, 6.07) is 1.80. The Balaban J connectivity index is 2.75. The topological polar surface area (TPSA) is 55.0 Å². The maximum Gasteiger partial charge on any atom is 0.357 e. The first-order chi connectivity index (χ1) is 6.74. The standard InChI is InChI=1S/C9H7BrN2O2/c1-14-9(13)8-7-5(10)4-12-6(7)2-3-11-8/h2-4,12H,1H3. The van der Waals surface area contributed by atoms with E-state index < -0.39 is 5.97 Å². The number of fused-ring (bicyclic) bond motifs is 1. The smallest absolute Gasteiger partial charge is 0.357 e. The monoisotopic (exact) mass is 254 g/mol. The molecule has 0 saturated heterocycles. The number of pyridine rings is 1. The van der Waals surface area contributed by atoms with E-state index in [1.54, 1.807) is 18.5 Å². The number of hydrogen-bond acceptors (Lipinski definition) is 3. The van der Waals surface area contributed by atoms with Gasteiger partial charge in [0.2, 0.25) is 0 Å². The average Bonchev–Trinajstić information content (AvgIpc) is 2.59. The van der Waals surface area contributed by atoms with E-state index in [0.29, 0.717) is 5.69 Å². The van der Waals surface area contributed by atoms with Gasteiger partial charge in [-0.25, -0.2) is 9.78 Å². The third-order valence-corrected chi connectivity index (χ3v) is 2.55. The van der Waals surface area contributed by atoms with E-state index in [0.717, 1.165) is 15.4 Å². The van der Waals surface area contributed by atoms with E-state index in [1.807, 2.05) is 0 Å². The molecular formula is C9H7BrN2O2. The number of hydrogen-bond donors (Lipinski definition) is 1. The molecule has 0 aliphatic carbocycles. The van der Waals surface area contributed by atoms with E-state index in [4.69, 9.17) is 0 Å². The van der Waals surface area contributed by atoms with E-state index >= 15 is 0 Å². The maximum atomic E-state index is 11.4. The summed E-state index contributed by atoms with van der Waals surface area (Å²) in [6.45, 7) is 0. The van der Waals surface area contributed by atoms with Gasteiger partial charge in [-0.2, -0.15) is 0 Å². The highest BCUT2D eigenvalue weighted by atomic mass is 79.9. The Kier molecular flexibility index (Phi) is 2.25. The molecule has 0 aromatic carbocycles. The number of aromatic amines is 1. The number of esters is 1. The average molecular weight is 255 g/mol. The van der Waals surface area contributed by atoms with Gasteiger partial charge < -0.3 is 9.72 Å². The van der Waals surface area contributed by atoms with Crippen LogP contribution in [-0.4, -0.2) is 23.0 Å². The van der Waals surface area contributed by atoms with Crippen LogP contribution in [0.5, 0.6) is 0 Å². The van der Waals surface area contributed by atoms with Gasteiger partial charge in [-0.05, 0) is 22.0 Å². The number of nitrogens with zero attached hydrogens (tertiary/aromatic N) is 1. The molecule has 0 aliphatic heterocycles. The molecule has 0 radical (unpaired) electrons. The normalized spacial score (nSPS) is 10.4. The highest BCUT2D eigenvalue weighted by molar-refractivity contribution is 9.10. The Morgan fingerprint density at radius 1 is 1.64 bits per heavy atom. The molecule has 72 valence electrons. The van der Waals surface area contributed by atoms with Crippen molar-refractivity contribution < 1.29 is 9.53 Å². The lowest BCUT2D eigenvalue weighted by Crippen LogP contribution is -2.04. The number of aromatic nitrogens is 2. The number of carbonyl (C=O) groups is 1. The predicted octanol–water partition coefficient (Wildman–Crippen LogP) is 2.11. The molecule has 0 atom stereocenters. The summed E-state index contributed by atoms with van der Waals surface area (Å²) >= 11 is 3.34. The first kappa shape index (κ1) is 9.21. The molecular weight excluding hydrogens is 248 g/mol. The zero-order chi connectivity index (χ0) is 10.1. The van der Waals surface area contributed by atoms with Gasteiger partial charge in [0, 0.05) is 22.3 Å². The van der Waals surface area contributed by atoms with Gasteiger partial charge >= 0.3 is 5.97 Å². The number of carbonyl (C=O) groups excluding carboxylic acids is 1. The molecule has 0 bridgehead atoms. The van der Waals surface area contributed by atoms with Crippen LogP contribution in [0.2, 0.25) is 0 Å². The Morgan fingerprint density at radius 3 is 3.14 bits per heavy atom. The van der Waals surface area contributed by atoms with Gasteiger partial charge in [0.15, 0.2) is 5.69 Å². The highest BCUT2D eigenvalue weighted by Crippen LogP contribution is 2.25. The van der Waals surface area contributed by atoms with Crippen molar-refractivity contribution in [3.63, 3.8) is 0 Å². The number of nitrogens with one attached hydrogen (secondary N) is 1. The van der Waals surface area contributed by atoms with Gasteiger partial charge in [0.05, 0.1) is 12.6 Å². The fourth-order valence-corrected chi connectivity index (χ4v) is 1.80. The lowest BCUT2D eigenvalue weighted by Gasteiger charge is -1.99. The largest absolute Gasteiger partial charge is 0.464 e. The quantitative estimate of drug-likeness (QED) is 0.794. The molecule has 0 amide bonds. The molecule has 2 aromatic heterocycles. The van der Waals surface area contributed by atoms with Crippen molar-refractivity contribution in [2.45, 2.75) is 0 Å². The summed E-state index contributed by atoms with van der Waals surface area (Å²) in [4.78, 5) is 18.4. The first-order valence-corrected chi connectivity index (χ1v) is 4.73. The molecule has 0 fully saturated rings. The molecule has 14 heavy (non-hydrogen) atoms. The maximum absolute atomic E-state index is 11.4. The van der Waals surface area contributed by atoms with Gasteiger partial charge in [0.1, 0.15) is 0 Å². The van der Waals surface area contributed by atoms with Crippen molar-refractivity contribution >= 4 is 32.8 Å². The van der Waals surface area contributed by atoms with Crippen LogP contribution in [0.4, 0.5) is 0 Å². The Morgan fingerprint density at radius 2 is 2.43 bits per heavy atom. The van der Waals surface area contributed by atoms with Crippen LogP contribution in [0, 0.1) is 0 Å². The minimum absolute atomic E-state index is 0.318. The summed E-state index contributed by atoms with van der Waals surface area (Å²) < 4.78 is 5.44. The van der Waals surface area contributed by atoms with Crippen molar-refractivity contribution in [1.82, 2.24) is 9.97 Å². The Bertz CT molecular complexity index is 493. The minimum atomic E-state index is -0.434. The molecule has 0 saturated carbocycles. The summed E-state index contributed by atoms with van der Waals surface area (Å²) in [5.41, 5.74) is 1.17. The number of halogens is 1. The second-order valence-electron chi connectivity index (χ2n) is 2.71. The zero-order valence-corrected chi connectivity index (χ0v) is 8.96. The second kappa shape index (κ2) is 3.42. The fourth-order valence-electron chi connectivity index (χ4n) is 1.29. The molecule has 4 nitrogen and oxygen atoms in total. The van der Waals surface area contributed by atoms with Gasteiger partial charge in [-0.15, -0.1) is 0 Å². The van der Waals surface area contributed by atoms with E-state index in [1.165, 1.54) is 7.11 Å². The molecule has 0 spiro atoms. The van der Waals surface area contributed by atoms with Crippen molar-refractivity contribution in [2.75, 3.05) is 7.11 Å². The summed E-state index contributed by atoms with van der Waals surface area (Å²) in [6.07, 6.45) is 3.33. The summed E-state index contributed by atoms with van der Waals surface area (Å²) in [5, 5.41) is 0.749. The van der Waals surface area contributed by atoms with Crippen LogP contribution < -0.4 is 0 Å². The van der Waals surface area contributed by atoms with Crippen LogP contribution in [0.3, 0.4) is 0 Å². The number of ether oxygens (including phenoxy) is 1. The molecule has 2 aromatic rings. The lowest BCUT2D eigenvalue weighted by molar-refractivity contribution is 0.0596. The van der Waals surface area contributed by atoms with E-state index in [-0.39, 0.29) is 0 Å².